The van der Waals surface area contributed by atoms with Gasteiger partial charge in [-0.2, -0.15) is 0 Å². The molecule has 1 fully saturated rings. The van der Waals surface area contributed by atoms with E-state index < -0.39 is 16.0 Å². The molecule has 0 spiro atoms. The average molecular weight is 381 g/mol. The predicted molar refractivity (Wildman–Crippen MR) is 98.2 cm³/mol. The number of nitrogens with one attached hydrogen (secondary N) is 1. The van der Waals surface area contributed by atoms with E-state index in [9.17, 15) is 18.3 Å². The van der Waals surface area contributed by atoms with E-state index in [1.807, 2.05) is 11.9 Å². The first-order valence-electron chi connectivity index (χ1n) is 7.74. The van der Waals surface area contributed by atoms with Crippen LogP contribution >= 0.6 is 11.3 Å². The molecular weight excluding hydrogens is 362 g/mol. The van der Waals surface area contributed by atoms with Crippen LogP contribution in [0.4, 0.5) is 11.4 Å². The number of carboxylic acids is 1. The van der Waals surface area contributed by atoms with Crippen molar-refractivity contribution in [3.63, 3.8) is 0 Å². The molecule has 1 aromatic carbocycles. The number of sulfonamides is 1. The van der Waals surface area contributed by atoms with E-state index >= 15 is 0 Å². The number of hydrogen-bond donors (Lipinski definition) is 2. The minimum atomic E-state index is -3.70. The molecule has 0 amide bonds. The number of aromatic carboxylic acids is 1. The van der Waals surface area contributed by atoms with Crippen LogP contribution in [0, 0.1) is 0 Å². The molecule has 2 N–H and O–H groups in total. The Labute approximate surface area is 150 Å². The molecule has 0 atom stereocenters. The van der Waals surface area contributed by atoms with E-state index in [4.69, 9.17) is 0 Å². The van der Waals surface area contributed by atoms with Crippen LogP contribution < -0.4 is 9.62 Å². The summed E-state index contributed by atoms with van der Waals surface area (Å²) in [7, 11) is -1.68. The van der Waals surface area contributed by atoms with Crippen molar-refractivity contribution in [2.45, 2.75) is 4.21 Å². The molecule has 1 saturated heterocycles. The summed E-state index contributed by atoms with van der Waals surface area (Å²) in [6.45, 7) is 3.17. The van der Waals surface area contributed by atoms with Crippen LogP contribution in [0.5, 0.6) is 0 Å². The number of carboxylic acid groups (broad SMARTS) is 1. The van der Waals surface area contributed by atoms with Gasteiger partial charge >= 0.3 is 5.97 Å². The van der Waals surface area contributed by atoms with E-state index in [2.05, 4.69) is 9.62 Å². The van der Waals surface area contributed by atoms with Gasteiger partial charge in [0, 0.05) is 31.9 Å². The third-order valence-electron chi connectivity index (χ3n) is 4.08. The second-order valence-electron chi connectivity index (χ2n) is 5.86. The fourth-order valence-electron chi connectivity index (χ4n) is 2.72. The number of likely N-dealkylation sites (N-methyl/N-ethyl adjacent to an activating group) is 1. The zero-order valence-corrected chi connectivity index (χ0v) is 15.3. The van der Waals surface area contributed by atoms with Crippen molar-refractivity contribution in [2.75, 3.05) is 42.8 Å². The maximum absolute atomic E-state index is 12.3. The Bertz CT molecular complexity index is 858. The van der Waals surface area contributed by atoms with Gasteiger partial charge in [-0.25, -0.2) is 13.2 Å². The second kappa shape index (κ2) is 7.03. The van der Waals surface area contributed by atoms with Crippen molar-refractivity contribution in [3.05, 3.63) is 41.3 Å². The first-order chi connectivity index (χ1) is 11.9. The summed E-state index contributed by atoms with van der Waals surface area (Å²) in [5.41, 5.74) is 0.944. The largest absolute Gasteiger partial charge is 0.478 e. The number of nitrogens with zero attached hydrogens (tertiary/aromatic N) is 2. The fraction of sp³-hybridized carbons (Fsp3) is 0.312. The van der Waals surface area contributed by atoms with Gasteiger partial charge in [0.2, 0.25) is 0 Å². The molecule has 0 saturated carbocycles. The molecule has 0 unspecified atom stereocenters. The smallest absolute Gasteiger partial charge is 0.337 e. The first kappa shape index (κ1) is 17.7. The molecule has 0 radical (unpaired) electrons. The Kier molecular flexibility index (Phi) is 4.98. The first-order valence-corrected chi connectivity index (χ1v) is 10.1. The Morgan fingerprint density at radius 2 is 1.92 bits per heavy atom. The van der Waals surface area contributed by atoms with E-state index in [0.29, 0.717) is 5.69 Å². The van der Waals surface area contributed by atoms with Gasteiger partial charge < -0.3 is 14.9 Å². The Morgan fingerprint density at radius 1 is 1.20 bits per heavy atom. The number of rotatable bonds is 5. The molecule has 25 heavy (non-hydrogen) atoms. The van der Waals surface area contributed by atoms with Crippen molar-refractivity contribution in [2.24, 2.45) is 0 Å². The van der Waals surface area contributed by atoms with E-state index in [-0.39, 0.29) is 15.5 Å². The number of hydrogen-bond acceptors (Lipinski definition) is 6. The third kappa shape index (κ3) is 3.94. The van der Waals surface area contributed by atoms with Crippen molar-refractivity contribution in [1.29, 1.82) is 0 Å². The van der Waals surface area contributed by atoms with Gasteiger partial charge in [-0.05, 0) is 36.7 Å². The molecule has 1 aliphatic rings. The minimum absolute atomic E-state index is 0.0935. The minimum Gasteiger partial charge on any atom is -0.478 e. The number of thiophene rings is 1. The maximum Gasteiger partial charge on any atom is 0.337 e. The summed E-state index contributed by atoms with van der Waals surface area (Å²) in [6, 6.07) is 7.80. The maximum atomic E-state index is 12.3. The summed E-state index contributed by atoms with van der Waals surface area (Å²) < 4.78 is 27.2. The standard InChI is InChI=1S/C16H19N3O4S2/c1-18-6-8-19(9-7-18)14-5-4-12(11-13(14)16(20)21)17-25(22,23)15-3-2-10-24-15/h2-5,10-11,17H,6-9H2,1H3,(H,20,21). The van der Waals surface area contributed by atoms with Gasteiger partial charge in [0.1, 0.15) is 4.21 Å². The Balaban J connectivity index is 1.88. The molecule has 0 aliphatic carbocycles. The lowest BCUT2D eigenvalue weighted by molar-refractivity contribution is 0.0697. The molecule has 1 aromatic heterocycles. The van der Waals surface area contributed by atoms with Crippen molar-refractivity contribution in [3.8, 4) is 0 Å². The summed E-state index contributed by atoms with van der Waals surface area (Å²) in [4.78, 5) is 15.9. The van der Waals surface area contributed by atoms with Gasteiger partial charge in [-0.3, -0.25) is 4.72 Å². The Morgan fingerprint density at radius 3 is 2.52 bits per heavy atom. The van der Waals surface area contributed by atoms with Crippen LogP contribution in [0.1, 0.15) is 10.4 Å². The number of carbonyl (C=O) groups is 1. The highest BCUT2D eigenvalue weighted by Crippen LogP contribution is 2.27. The molecule has 1 aliphatic heterocycles. The van der Waals surface area contributed by atoms with Crippen LogP contribution in [0.2, 0.25) is 0 Å². The number of piperazine rings is 1. The van der Waals surface area contributed by atoms with Crippen LogP contribution in [0.15, 0.2) is 39.9 Å². The molecule has 0 bridgehead atoms. The summed E-state index contributed by atoms with van der Waals surface area (Å²) >= 11 is 1.11. The fourth-order valence-corrected chi connectivity index (χ4v) is 4.76. The quantitative estimate of drug-likeness (QED) is 0.823. The van der Waals surface area contributed by atoms with Crippen LogP contribution in [0.3, 0.4) is 0 Å². The second-order valence-corrected chi connectivity index (χ2v) is 8.72. The van der Waals surface area contributed by atoms with E-state index in [1.54, 1.807) is 23.6 Å². The molecule has 3 rings (SSSR count). The number of anilines is 2. The highest BCUT2D eigenvalue weighted by Gasteiger charge is 2.22. The van der Waals surface area contributed by atoms with Crippen molar-refractivity contribution in [1.82, 2.24) is 4.90 Å². The molecule has 9 heteroatoms. The third-order valence-corrected chi connectivity index (χ3v) is 6.86. The zero-order chi connectivity index (χ0) is 18.0. The van der Waals surface area contributed by atoms with Crippen LogP contribution in [0.25, 0.3) is 0 Å². The van der Waals surface area contributed by atoms with Gasteiger partial charge in [0.25, 0.3) is 10.0 Å². The SMILES string of the molecule is CN1CCN(c2ccc(NS(=O)(=O)c3cccs3)cc2C(=O)O)CC1. The normalized spacial score (nSPS) is 16.0. The van der Waals surface area contributed by atoms with Gasteiger partial charge in [-0.1, -0.05) is 6.07 Å². The molecule has 134 valence electrons. The zero-order valence-electron chi connectivity index (χ0n) is 13.7. The van der Waals surface area contributed by atoms with Crippen molar-refractivity contribution >= 4 is 38.7 Å². The molecule has 2 heterocycles. The monoisotopic (exact) mass is 381 g/mol. The lowest BCUT2D eigenvalue weighted by Gasteiger charge is -2.34. The van der Waals surface area contributed by atoms with E-state index in [0.717, 1.165) is 37.5 Å². The lowest BCUT2D eigenvalue weighted by atomic mass is 10.1. The van der Waals surface area contributed by atoms with E-state index in [1.165, 1.54) is 12.1 Å². The Hall–Kier alpha value is -2.10. The highest BCUT2D eigenvalue weighted by molar-refractivity contribution is 7.94. The van der Waals surface area contributed by atoms with Crippen molar-refractivity contribution < 1.29 is 18.3 Å². The summed E-state index contributed by atoms with van der Waals surface area (Å²) in [5, 5.41) is 11.2. The summed E-state index contributed by atoms with van der Waals surface area (Å²) in [6.07, 6.45) is 0. The van der Waals surface area contributed by atoms with Gasteiger partial charge in [-0.15, -0.1) is 11.3 Å². The number of benzene rings is 1. The molecular formula is C16H19N3O4S2. The van der Waals surface area contributed by atoms with Gasteiger partial charge in [0.05, 0.1) is 11.3 Å². The summed E-state index contributed by atoms with van der Waals surface area (Å²) in [5.74, 6) is -1.08. The molecule has 7 nitrogen and oxygen atoms in total. The average Bonchev–Trinajstić information content (AvgIpc) is 3.11. The highest BCUT2D eigenvalue weighted by atomic mass is 32.2. The predicted octanol–water partition coefficient (Wildman–Crippen LogP) is 2.00. The molecule has 2 aromatic rings. The van der Waals surface area contributed by atoms with Crippen LogP contribution in [-0.4, -0.2) is 57.6 Å². The lowest BCUT2D eigenvalue weighted by Crippen LogP contribution is -2.45. The topological polar surface area (TPSA) is 90.0 Å². The van der Waals surface area contributed by atoms with Gasteiger partial charge in [0.15, 0.2) is 0 Å². The van der Waals surface area contributed by atoms with Crippen LogP contribution in [-0.2, 0) is 10.0 Å².